The molecule has 1 aromatic heterocycles. The van der Waals surface area contributed by atoms with Crippen LogP contribution in [0.2, 0.25) is 0 Å². The van der Waals surface area contributed by atoms with Gasteiger partial charge < -0.3 is 14.8 Å². The van der Waals surface area contributed by atoms with Gasteiger partial charge in [-0.05, 0) is 55.7 Å². The Morgan fingerprint density at radius 2 is 1.71 bits per heavy atom. The standard InChI is InChI=1S/C25H25N5O4/c1-13-9-29(24(33)17-6-14(2)21-20(8-17)26-12-27-21)11-15(3)30(10-13)25(34)16-4-5-18-19(7-16)23(32)28-22(18)31/h4-8,12-13,15H,9-11H2,1-3H3,(H,26,27)(H,28,31,32). The molecule has 0 radical (unpaired) electrons. The molecule has 9 heteroatoms. The Balaban J connectivity index is 1.39. The molecule has 2 aliphatic rings. The average Bonchev–Trinajstić information content (AvgIpc) is 3.36. The second-order valence-electron chi connectivity index (χ2n) is 9.26. The maximum absolute atomic E-state index is 13.4. The van der Waals surface area contributed by atoms with Crippen molar-refractivity contribution in [2.45, 2.75) is 26.8 Å². The van der Waals surface area contributed by atoms with Gasteiger partial charge in [-0.25, -0.2) is 4.98 Å². The molecule has 5 rings (SSSR count). The van der Waals surface area contributed by atoms with Gasteiger partial charge in [0.1, 0.15) is 0 Å². The summed E-state index contributed by atoms with van der Waals surface area (Å²) < 4.78 is 0. The van der Waals surface area contributed by atoms with Crippen LogP contribution in [0.4, 0.5) is 0 Å². The normalized spacial score (nSPS) is 20.3. The molecule has 2 aliphatic heterocycles. The molecule has 2 unspecified atom stereocenters. The van der Waals surface area contributed by atoms with Crippen LogP contribution >= 0.6 is 0 Å². The van der Waals surface area contributed by atoms with Gasteiger partial charge in [0.15, 0.2) is 0 Å². The second-order valence-corrected chi connectivity index (χ2v) is 9.26. The van der Waals surface area contributed by atoms with Crippen molar-refractivity contribution in [3.8, 4) is 0 Å². The highest BCUT2D eigenvalue weighted by atomic mass is 16.2. The van der Waals surface area contributed by atoms with E-state index < -0.39 is 11.8 Å². The Morgan fingerprint density at radius 1 is 0.941 bits per heavy atom. The van der Waals surface area contributed by atoms with Crippen molar-refractivity contribution >= 4 is 34.7 Å². The molecule has 2 N–H and O–H groups in total. The maximum atomic E-state index is 13.4. The summed E-state index contributed by atoms with van der Waals surface area (Å²) in [6, 6.07) is 8.00. The molecule has 3 heterocycles. The van der Waals surface area contributed by atoms with E-state index in [1.807, 2.05) is 32.9 Å². The Labute approximate surface area is 196 Å². The number of aromatic nitrogens is 2. The van der Waals surface area contributed by atoms with Crippen molar-refractivity contribution in [2.24, 2.45) is 5.92 Å². The second kappa shape index (κ2) is 8.09. The first kappa shape index (κ1) is 21.8. The number of carbonyl (C=O) groups excluding carboxylic acids is 4. The fourth-order valence-electron chi connectivity index (χ4n) is 4.89. The van der Waals surface area contributed by atoms with Crippen LogP contribution in [-0.2, 0) is 0 Å². The SMILES string of the molecule is Cc1cc(C(=O)N2CC(C)CN(C(=O)c3ccc4c(c3)C(=O)NC4=O)C(C)C2)cc2[nH]cnc12. The van der Waals surface area contributed by atoms with Crippen LogP contribution in [0.15, 0.2) is 36.7 Å². The third-order valence-electron chi connectivity index (χ3n) is 6.55. The summed E-state index contributed by atoms with van der Waals surface area (Å²) in [5.74, 6) is -1.20. The van der Waals surface area contributed by atoms with Crippen LogP contribution in [0.1, 0.15) is 60.8 Å². The number of nitrogens with one attached hydrogen (secondary N) is 2. The minimum atomic E-state index is -0.492. The van der Waals surface area contributed by atoms with Crippen molar-refractivity contribution < 1.29 is 19.2 Å². The highest BCUT2D eigenvalue weighted by Gasteiger charge is 2.33. The predicted molar refractivity (Wildman–Crippen MR) is 125 cm³/mol. The first-order valence-electron chi connectivity index (χ1n) is 11.3. The number of nitrogens with zero attached hydrogens (tertiary/aromatic N) is 3. The zero-order valence-electron chi connectivity index (χ0n) is 19.2. The summed E-state index contributed by atoms with van der Waals surface area (Å²) in [7, 11) is 0. The lowest BCUT2D eigenvalue weighted by Gasteiger charge is -2.29. The third kappa shape index (κ3) is 3.63. The smallest absolute Gasteiger partial charge is 0.258 e. The highest BCUT2D eigenvalue weighted by molar-refractivity contribution is 6.22. The molecule has 1 saturated heterocycles. The number of rotatable bonds is 2. The van der Waals surface area contributed by atoms with Gasteiger partial charge in [-0.1, -0.05) is 6.92 Å². The van der Waals surface area contributed by atoms with E-state index in [1.165, 1.54) is 12.1 Å². The number of H-pyrrole nitrogens is 1. The van der Waals surface area contributed by atoms with Crippen molar-refractivity contribution in [3.05, 3.63) is 64.5 Å². The van der Waals surface area contributed by atoms with Gasteiger partial charge in [0.25, 0.3) is 23.6 Å². The van der Waals surface area contributed by atoms with E-state index in [-0.39, 0.29) is 34.9 Å². The Hall–Kier alpha value is -4.01. The molecular formula is C25H25N5O4. The number of imidazole rings is 1. The van der Waals surface area contributed by atoms with Crippen LogP contribution in [-0.4, -0.2) is 69.1 Å². The van der Waals surface area contributed by atoms with Crippen LogP contribution in [0.5, 0.6) is 0 Å². The zero-order chi connectivity index (χ0) is 24.1. The van der Waals surface area contributed by atoms with Crippen LogP contribution in [0.3, 0.4) is 0 Å². The molecule has 0 saturated carbocycles. The summed E-state index contributed by atoms with van der Waals surface area (Å²) in [6.07, 6.45) is 1.62. The lowest BCUT2D eigenvalue weighted by molar-refractivity contribution is 0.0648. The number of fused-ring (bicyclic) bond motifs is 2. The van der Waals surface area contributed by atoms with Crippen molar-refractivity contribution in [1.29, 1.82) is 0 Å². The number of benzene rings is 2. The molecule has 3 aromatic rings. The number of amides is 4. The van der Waals surface area contributed by atoms with Crippen LogP contribution in [0.25, 0.3) is 11.0 Å². The predicted octanol–water partition coefficient (Wildman–Crippen LogP) is 2.38. The Kier molecular flexibility index (Phi) is 5.19. The van der Waals surface area contributed by atoms with Crippen LogP contribution < -0.4 is 5.32 Å². The Morgan fingerprint density at radius 3 is 2.50 bits per heavy atom. The molecule has 2 atom stereocenters. The molecule has 0 spiro atoms. The molecule has 2 aromatic carbocycles. The summed E-state index contributed by atoms with van der Waals surface area (Å²) >= 11 is 0. The fourth-order valence-corrected chi connectivity index (χ4v) is 4.89. The topological polar surface area (TPSA) is 115 Å². The summed E-state index contributed by atoms with van der Waals surface area (Å²) in [5.41, 5.74) is 4.01. The molecule has 34 heavy (non-hydrogen) atoms. The fraction of sp³-hybridized carbons (Fsp3) is 0.320. The molecular weight excluding hydrogens is 434 g/mol. The lowest BCUT2D eigenvalue weighted by atomic mass is 10.0. The van der Waals surface area contributed by atoms with E-state index in [4.69, 9.17) is 0 Å². The summed E-state index contributed by atoms with van der Waals surface area (Å²) in [6.45, 7) is 7.25. The van der Waals surface area contributed by atoms with Gasteiger partial charge in [-0.3, -0.25) is 24.5 Å². The quantitative estimate of drug-likeness (QED) is 0.571. The molecule has 0 bridgehead atoms. The average molecular weight is 460 g/mol. The van der Waals surface area contributed by atoms with E-state index in [0.29, 0.717) is 30.8 Å². The van der Waals surface area contributed by atoms with E-state index in [1.54, 1.807) is 22.2 Å². The molecule has 4 amide bonds. The van der Waals surface area contributed by atoms with Crippen molar-refractivity contribution in [1.82, 2.24) is 25.1 Å². The monoisotopic (exact) mass is 459 g/mol. The molecule has 1 fully saturated rings. The van der Waals surface area contributed by atoms with Crippen molar-refractivity contribution in [3.63, 3.8) is 0 Å². The van der Waals surface area contributed by atoms with Crippen molar-refractivity contribution in [2.75, 3.05) is 19.6 Å². The number of aryl methyl sites for hydroxylation is 1. The lowest BCUT2D eigenvalue weighted by Crippen LogP contribution is -2.44. The van der Waals surface area contributed by atoms with Gasteiger partial charge in [0.2, 0.25) is 0 Å². The molecule has 174 valence electrons. The number of hydrogen-bond donors (Lipinski definition) is 2. The first-order valence-corrected chi connectivity index (χ1v) is 11.3. The molecule has 9 nitrogen and oxygen atoms in total. The maximum Gasteiger partial charge on any atom is 0.258 e. The van der Waals surface area contributed by atoms with Crippen LogP contribution in [0, 0.1) is 12.8 Å². The Bertz CT molecular complexity index is 1360. The minimum absolute atomic E-state index is 0.0501. The zero-order valence-corrected chi connectivity index (χ0v) is 19.2. The largest absolute Gasteiger partial charge is 0.345 e. The third-order valence-corrected chi connectivity index (χ3v) is 6.55. The minimum Gasteiger partial charge on any atom is -0.345 e. The van der Waals surface area contributed by atoms with E-state index >= 15 is 0 Å². The van der Waals surface area contributed by atoms with E-state index in [2.05, 4.69) is 15.3 Å². The van der Waals surface area contributed by atoms with Gasteiger partial charge in [0.05, 0.1) is 28.5 Å². The van der Waals surface area contributed by atoms with Gasteiger partial charge >= 0.3 is 0 Å². The van der Waals surface area contributed by atoms with Gasteiger partial charge in [-0.15, -0.1) is 0 Å². The van der Waals surface area contributed by atoms with E-state index in [0.717, 1.165) is 16.6 Å². The summed E-state index contributed by atoms with van der Waals surface area (Å²) in [5, 5.41) is 2.25. The summed E-state index contributed by atoms with van der Waals surface area (Å²) in [4.78, 5) is 61.6. The highest BCUT2D eigenvalue weighted by Crippen LogP contribution is 2.24. The van der Waals surface area contributed by atoms with Gasteiger partial charge in [0, 0.05) is 36.8 Å². The van der Waals surface area contributed by atoms with E-state index in [9.17, 15) is 19.2 Å². The number of aromatic amines is 1. The number of imide groups is 1. The first-order chi connectivity index (χ1) is 16.2. The molecule has 0 aliphatic carbocycles. The number of carbonyl (C=O) groups is 4. The van der Waals surface area contributed by atoms with Gasteiger partial charge in [-0.2, -0.15) is 0 Å². The number of hydrogen-bond acceptors (Lipinski definition) is 5.